The molecular formula is C11H13NO2S. The van der Waals surface area contributed by atoms with Crippen molar-refractivity contribution in [2.75, 3.05) is 5.75 Å². The minimum absolute atomic E-state index is 0.0773. The molecule has 15 heavy (non-hydrogen) atoms. The molecule has 80 valence electrons. The quantitative estimate of drug-likeness (QED) is 0.773. The number of sulfonamides is 1. The minimum atomic E-state index is -3.26. The zero-order valence-corrected chi connectivity index (χ0v) is 9.07. The van der Waals surface area contributed by atoms with Gasteiger partial charge < -0.3 is 0 Å². The molecule has 0 atom stereocenters. The predicted molar refractivity (Wildman–Crippen MR) is 62.6 cm³/mol. The third-order valence-corrected chi connectivity index (χ3v) is 2.83. The van der Waals surface area contributed by atoms with Crippen LogP contribution in [0.1, 0.15) is 5.56 Å². The van der Waals surface area contributed by atoms with E-state index >= 15 is 0 Å². The average Bonchev–Trinajstić information content (AvgIpc) is 2.19. The van der Waals surface area contributed by atoms with Gasteiger partial charge in [-0.3, -0.25) is 4.72 Å². The summed E-state index contributed by atoms with van der Waals surface area (Å²) < 4.78 is 24.7. The molecule has 0 spiro atoms. The molecule has 0 aromatic heterocycles. The molecule has 1 aromatic rings. The van der Waals surface area contributed by atoms with Crippen LogP contribution in [0.3, 0.4) is 0 Å². The summed E-state index contributed by atoms with van der Waals surface area (Å²) in [5.41, 5.74) is 0.943. The van der Waals surface area contributed by atoms with E-state index in [9.17, 15) is 8.42 Å². The van der Waals surface area contributed by atoms with Gasteiger partial charge in [-0.15, -0.1) is 6.58 Å². The van der Waals surface area contributed by atoms with Crippen LogP contribution in [0, 0.1) is 0 Å². The highest BCUT2D eigenvalue weighted by molar-refractivity contribution is 7.89. The molecule has 0 aliphatic carbocycles. The van der Waals surface area contributed by atoms with Crippen molar-refractivity contribution in [3.8, 4) is 0 Å². The number of benzene rings is 1. The van der Waals surface area contributed by atoms with Crippen LogP contribution in [0.4, 0.5) is 0 Å². The summed E-state index contributed by atoms with van der Waals surface area (Å²) in [6, 6.07) is 9.45. The first-order chi connectivity index (χ1) is 7.14. The zero-order chi connectivity index (χ0) is 11.1. The van der Waals surface area contributed by atoms with E-state index in [1.54, 1.807) is 6.08 Å². The van der Waals surface area contributed by atoms with Gasteiger partial charge in [-0.05, 0) is 11.6 Å². The standard InChI is InChI=1S/C11H13NO2S/c1-2-10-15(13,14)12-9-8-11-6-4-3-5-7-11/h2-9,12H,1,10H2. The summed E-state index contributed by atoms with van der Waals surface area (Å²) in [5.74, 6) is -0.0773. The Hall–Kier alpha value is -1.55. The highest BCUT2D eigenvalue weighted by atomic mass is 32.2. The highest BCUT2D eigenvalue weighted by Gasteiger charge is 2.02. The Balaban J connectivity index is 2.58. The third-order valence-electron chi connectivity index (χ3n) is 1.66. The number of rotatable bonds is 5. The largest absolute Gasteiger partial charge is 0.290 e. The van der Waals surface area contributed by atoms with Gasteiger partial charge in [-0.1, -0.05) is 36.4 Å². The van der Waals surface area contributed by atoms with Crippen molar-refractivity contribution in [2.24, 2.45) is 0 Å². The van der Waals surface area contributed by atoms with Crippen LogP contribution in [-0.2, 0) is 10.0 Å². The van der Waals surface area contributed by atoms with Gasteiger partial charge in [0.2, 0.25) is 10.0 Å². The van der Waals surface area contributed by atoms with Gasteiger partial charge in [0.1, 0.15) is 0 Å². The van der Waals surface area contributed by atoms with Crippen LogP contribution >= 0.6 is 0 Å². The smallest absolute Gasteiger partial charge is 0.235 e. The summed E-state index contributed by atoms with van der Waals surface area (Å²) in [6.45, 7) is 3.37. The number of nitrogens with one attached hydrogen (secondary N) is 1. The predicted octanol–water partition coefficient (Wildman–Crippen LogP) is 1.76. The second-order valence-corrected chi connectivity index (χ2v) is 4.73. The molecule has 0 heterocycles. The molecule has 1 aromatic carbocycles. The summed E-state index contributed by atoms with van der Waals surface area (Å²) in [4.78, 5) is 0. The van der Waals surface area contributed by atoms with Crippen molar-refractivity contribution in [3.63, 3.8) is 0 Å². The van der Waals surface area contributed by atoms with Gasteiger partial charge in [-0.2, -0.15) is 0 Å². The van der Waals surface area contributed by atoms with Crippen molar-refractivity contribution in [3.05, 3.63) is 54.8 Å². The molecule has 0 saturated heterocycles. The molecule has 4 heteroatoms. The van der Waals surface area contributed by atoms with Gasteiger partial charge in [0.15, 0.2) is 0 Å². The van der Waals surface area contributed by atoms with Gasteiger partial charge in [0, 0.05) is 6.20 Å². The van der Waals surface area contributed by atoms with Crippen LogP contribution in [0.5, 0.6) is 0 Å². The number of hydrogen-bond acceptors (Lipinski definition) is 2. The lowest BCUT2D eigenvalue weighted by atomic mass is 10.2. The van der Waals surface area contributed by atoms with Crippen LogP contribution in [-0.4, -0.2) is 14.2 Å². The normalized spacial score (nSPS) is 11.5. The van der Waals surface area contributed by atoms with Crippen molar-refractivity contribution < 1.29 is 8.42 Å². The van der Waals surface area contributed by atoms with Crippen molar-refractivity contribution in [2.45, 2.75) is 0 Å². The molecule has 0 amide bonds. The monoisotopic (exact) mass is 223 g/mol. The van der Waals surface area contributed by atoms with Crippen LogP contribution in [0.25, 0.3) is 6.08 Å². The molecule has 1 rings (SSSR count). The molecular weight excluding hydrogens is 210 g/mol. The lowest BCUT2D eigenvalue weighted by molar-refractivity contribution is 0.594. The summed E-state index contributed by atoms with van der Waals surface area (Å²) in [5, 5.41) is 0. The first kappa shape index (κ1) is 11.5. The molecule has 0 bridgehead atoms. The summed E-state index contributed by atoms with van der Waals surface area (Å²) >= 11 is 0. The third kappa shape index (κ3) is 4.46. The first-order valence-corrected chi connectivity index (χ1v) is 6.12. The van der Waals surface area contributed by atoms with E-state index in [2.05, 4.69) is 11.3 Å². The molecule has 1 N–H and O–H groups in total. The topological polar surface area (TPSA) is 46.2 Å². The molecule has 0 aliphatic rings. The van der Waals surface area contributed by atoms with Gasteiger partial charge in [0.25, 0.3) is 0 Å². The van der Waals surface area contributed by atoms with Crippen molar-refractivity contribution in [1.82, 2.24) is 4.72 Å². The van der Waals surface area contributed by atoms with Crippen LogP contribution < -0.4 is 4.72 Å². The minimum Gasteiger partial charge on any atom is -0.290 e. The number of hydrogen-bond donors (Lipinski definition) is 1. The van der Waals surface area contributed by atoms with E-state index < -0.39 is 10.0 Å². The molecule has 0 fully saturated rings. The lowest BCUT2D eigenvalue weighted by Crippen LogP contribution is -2.19. The van der Waals surface area contributed by atoms with E-state index in [1.807, 2.05) is 30.3 Å². The van der Waals surface area contributed by atoms with E-state index in [0.717, 1.165) is 5.56 Å². The van der Waals surface area contributed by atoms with E-state index in [-0.39, 0.29) is 5.75 Å². The van der Waals surface area contributed by atoms with Crippen LogP contribution in [0.15, 0.2) is 49.2 Å². The Labute approximate surface area is 90.2 Å². The first-order valence-electron chi connectivity index (χ1n) is 4.46. The maximum absolute atomic E-state index is 11.2. The van der Waals surface area contributed by atoms with Gasteiger partial charge >= 0.3 is 0 Å². The van der Waals surface area contributed by atoms with Crippen molar-refractivity contribution >= 4 is 16.1 Å². The Morgan fingerprint density at radius 3 is 2.53 bits per heavy atom. The molecule has 0 aliphatic heterocycles. The fourth-order valence-corrected chi connectivity index (χ4v) is 1.68. The van der Waals surface area contributed by atoms with E-state index in [4.69, 9.17) is 0 Å². The van der Waals surface area contributed by atoms with Crippen LogP contribution in [0.2, 0.25) is 0 Å². The maximum Gasteiger partial charge on any atom is 0.235 e. The molecule has 0 radical (unpaired) electrons. The summed E-state index contributed by atoms with van der Waals surface area (Å²) in [6.07, 6.45) is 4.45. The Morgan fingerprint density at radius 2 is 1.93 bits per heavy atom. The zero-order valence-electron chi connectivity index (χ0n) is 8.26. The van der Waals surface area contributed by atoms with E-state index in [1.165, 1.54) is 12.3 Å². The fraction of sp³-hybridized carbons (Fsp3) is 0.0909. The lowest BCUT2D eigenvalue weighted by Gasteiger charge is -1.99. The van der Waals surface area contributed by atoms with E-state index in [0.29, 0.717) is 0 Å². The summed E-state index contributed by atoms with van der Waals surface area (Å²) in [7, 11) is -3.26. The molecule has 3 nitrogen and oxygen atoms in total. The Morgan fingerprint density at radius 1 is 1.27 bits per heavy atom. The second-order valence-electron chi connectivity index (χ2n) is 2.93. The second kappa shape index (κ2) is 5.36. The SMILES string of the molecule is C=CCS(=O)(=O)NC=Cc1ccccc1. The molecule has 0 saturated carbocycles. The highest BCUT2D eigenvalue weighted by Crippen LogP contribution is 2.00. The van der Waals surface area contributed by atoms with Gasteiger partial charge in [-0.25, -0.2) is 8.42 Å². The van der Waals surface area contributed by atoms with Gasteiger partial charge in [0.05, 0.1) is 5.75 Å². The molecule has 0 unspecified atom stereocenters. The maximum atomic E-state index is 11.2. The fourth-order valence-electron chi connectivity index (χ4n) is 1.00. The van der Waals surface area contributed by atoms with Crippen molar-refractivity contribution in [1.29, 1.82) is 0 Å². The Kier molecular flexibility index (Phi) is 4.12. The Bertz CT molecular complexity index is 435. The average molecular weight is 223 g/mol.